The SMILES string of the molecule is C(OCC1CO1)C1CO1.CC=CC. The highest BCUT2D eigenvalue weighted by atomic mass is 16.6. The maximum Gasteiger partial charge on any atom is 0.104 e. The van der Waals surface area contributed by atoms with Gasteiger partial charge < -0.3 is 14.2 Å². The van der Waals surface area contributed by atoms with E-state index in [2.05, 4.69) is 0 Å². The zero-order valence-corrected chi connectivity index (χ0v) is 8.36. The number of hydrogen-bond acceptors (Lipinski definition) is 3. The van der Waals surface area contributed by atoms with Crippen molar-refractivity contribution in [2.75, 3.05) is 26.4 Å². The molecule has 2 saturated heterocycles. The summed E-state index contributed by atoms with van der Waals surface area (Å²) in [6.07, 6.45) is 4.78. The van der Waals surface area contributed by atoms with Crippen LogP contribution in [-0.2, 0) is 14.2 Å². The first kappa shape index (κ1) is 10.7. The van der Waals surface area contributed by atoms with Crippen molar-refractivity contribution in [1.29, 1.82) is 0 Å². The Morgan fingerprint density at radius 1 is 1.08 bits per heavy atom. The summed E-state index contributed by atoms with van der Waals surface area (Å²) >= 11 is 0. The molecule has 0 radical (unpaired) electrons. The van der Waals surface area contributed by atoms with Crippen LogP contribution in [0.1, 0.15) is 13.8 Å². The van der Waals surface area contributed by atoms with Gasteiger partial charge in [-0.1, -0.05) is 12.2 Å². The van der Waals surface area contributed by atoms with Crippen LogP contribution in [-0.4, -0.2) is 38.6 Å². The average molecular weight is 186 g/mol. The number of hydrogen-bond donors (Lipinski definition) is 0. The summed E-state index contributed by atoms with van der Waals surface area (Å²) in [6, 6.07) is 0. The Morgan fingerprint density at radius 2 is 1.46 bits per heavy atom. The molecule has 2 unspecified atom stereocenters. The normalized spacial score (nSPS) is 29.7. The molecule has 2 rings (SSSR count). The van der Waals surface area contributed by atoms with E-state index in [1.54, 1.807) is 0 Å². The molecule has 2 heterocycles. The fourth-order valence-corrected chi connectivity index (χ4v) is 0.659. The topological polar surface area (TPSA) is 34.3 Å². The lowest BCUT2D eigenvalue weighted by atomic mass is 10.5. The van der Waals surface area contributed by atoms with Crippen LogP contribution in [0.25, 0.3) is 0 Å². The van der Waals surface area contributed by atoms with Crippen molar-refractivity contribution in [2.45, 2.75) is 26.1 Å². The fraction of sp³-hybridized carbons (Fsp3) is 0.800. The summed E-state index contributed by atoms with van der Waals surface area (Å²) in [4.78, 5) is 0. The fourth-order valence-electron chi connectivity index (χ4n) is 0.659. The first-order valence-corrected chi connectivity index (χ1v) is 4.75. The largest absolute Gasteiger partial charge is 0.376 e. The van der Waals surface area contributed by atoms with Crippen LogP contribution in [0, 0.1) is 0 Å². The molecule has 76 valence electrons. The highest BCUT2D eigenvalue weighted by molar-refractivity contribution is 4.71. The zero-order chi connectivity index (χ0) is 9.52. The van der Waals surface area contributed by atoms with Gasteiger partial charge in [-0.3, -0.25) is 0 Å². The molecule has 0 aromatic carbocycles. The van der Waals surface area contributed by atoms with Crippen LogP contribution in [0.15, 0.2) is 12.2 Å². The molecule has 0 amide bonds. The third-order valence-corrected chi connectivity index (χ3v) is 1.75. The summed E-state index contributed by atoms with van der Waals surface area (Å²) in [5.74, 6) is 0. The maximum atomic E-state index is 5.23. The van der Waals surface area contributed by atoms with Crippen molar-refractivity contribution in [1.82, 2.24) is 0 Å². The second-order valence-corrected chi connectivity index (χ2v) is 3.11. The second-order valence-electron chi connectivity index (χ2n) is 3.11. The molecule has 3 heteroatoms. The summed E-state index contributed by atoms with van der Waals surface area (Å²) < 4.78 is 15.1. The molecule has 3 nitrogen and oxygen atoms in total. The van der Waals surface area contributed by atoms with Crippen LogP contribution in [0.5, 0.6) is 0 Å². The molecular weight excluding hydrogens is 168 g/mol. The Morgan fingerprint density at radius 3 is 1.69 bits per heavy atom. The highest BCUT2D eigenvalue weighted by Crippen LogP contribution is 2.12. The molecule has 2 aliphatic heterocycles. The van der Waals surface area contributed by atoms with Crippen molar-refractivity contribution >= 4 is 0 Å². The molecule has 0 aromatic heterocycles. The minimum absolute atomic E-state index is 0.392. The Kier molecular flexibility index (Phi) is 5.05. The smallest absolute Gasteiger partial charge is 0.104 e. The van der Waals surface area contributed by atoms with Crippen molar-refractivity contribution in [3.8, 4) is 0 Å². The number of epoxide rings is 2. The second kappa shape index (κ2) is 6.13. The third kappa shape index (κ3) is 6.75. The molecule has 2 fully saturated rings. The lowest BCUT2D eigenvalue weighted by Crippen LogP contribution is -2.06. The summed E-state index contributed by atoms with van der Waals surface area (Å²) in [5.41, 5.74) is 0. The molecule has 0 aromatic rings. The molecule has 0 saturated carbocycles. The van der Waals surface area contributed by atoms with E-state index in [1.807, 2.05) is 26.0 Å². The molecule has 2 atom stereocenters. The van der Waals surface area contributed by atoms with E-state index in [-0.39, 0.29) is 0 Å². The van der Waals surface area contributed by atoms with Gasteiger partial charge in [0, 0.05) is 0 Å². The Hall–Kier alpha value is -0.380. The van der Waals surface area contributed by atoms with Crippen molar-refractivity contribution < 1.29 is 14.2 Å². The van der Waals surface area contributed by atoms with Gasteiger partial charge in [-0.25, -0.2) is 0 Å². The van der Waals surface area contributed by atoms with Gasteiger partial charge in [0.15, 0.2) is 0 Å². The number of allylic oxidation sites excluding steroid dienone is 2. The van der Waals surface area contributed by atoms with Crippen molar-refractivity contribution in [2.24, 2.45) is 0 Å². The lowest BCUT2D eigenvalue weighted by Gasteiger charge is -1.95. The van der Waals surface area contributed by atoms with Crippen molar-refractivity contribution in [3.05, 3.63) is 12.2 Å². The van der Waals surface area contributed by atoms with E-state index < -0.39 is 0 Å². The molecule has 0 spiro atoms. The average Bonchev–Trinajstić information content (AvgIpc) is 2.98. The van der Waals surface area contributed by atoms with Crippen molar-refractivity contribution in [3.63, 3.8) is 0 Å². The van der Waals surface area contributed by atoms with Crippen LogP contribution in [0.2, 0.25) is 0 Å². The molecular formula is C10H18O3. The molecule has 0 N–H and O–H groups in total. The predicted molar refractivity (Wildman–Crippen MR) is 50.8 cm³/mol. The van der Waals surface area contributed by atoms with E-state index in [0.717, 1.165) is 26.4 Å². The Balaban J connectivity index is 0.000000184. The highest BCUT2D eigenvalue weighted by Gasteiger charge is 2.26. The Labute approximate surface area is 79.7 Å². The minimum atomic E-state index is 0.392. The maximum absolute atomic E-state index is 5.23. The zero-order valence-electron chi connectivity index (χ0n) is 8.36. The van der Waals surface area contributed by atoms with Gasteiger partial charge in [0.2, 0.25) is 0 Å². The first-order valence-electron chi connectivity index (χ1n) is 4.75. The van der Waals surface area contributed by atoms with Crippen LogP contribution in [0.4, 0.5) is 0 Å². The standard InChI is InChI=1S/C6H10O3.C4H8/c1(5-3-8-5)7-2-6-4-9-6;1-3-4-2/h5-6H,1-4H2;3-4H,1-2H3. The van der Waals surface area contributed by atoms with Crippen LogP contribution in [0.3, 0.4) is 0 Å². The van der Waals surface area contributed by atoms with Gasteiger partial charge in [0.1, 0.15) is 12.2 Å². The lowest BCUT2D eigenvalue weighted by molar-refractivity contribution is 0.102. The van der Waals surface area contributed by atoms with Gasteiger partial charge in [0.05, 0.1) is 26.4 Å². The summed E-state index contributed by atoms with van der Waals surface area (Å²) in [7, 11) is 0. The van der Waals surface area contributed by atoms with Crippen LogP contribution >= 0.6 is 0 Å². The number of rotatable bonds is 4. The van der Waals surface area contributed by atoms with Gasteiger partial charge in [0.25, 0.3) is 0 Å². The van der Waals surface area contributed by atoms with E-state index >= 15 is 0 Å². The monoisotopic (exact) mass is 186 g/mol. The van der Waals surface area contributed by atoms with E-state index in [0.29, 0.717) is 12.2 Å². The quantitative estimate of drug-likeness (QED) is 0.491. The third-order valence-electron chi connectivity index (χ3n) is 1.75. The molecule has 0 aliphatic carbocycles. The summed E-state index contributed by atoms with van der Waals surface area (Å²) in [5, 5.41) is 0. The van der Waals surface area contributed by atoms with E-state index in [1.165, 1.54) is 0 Å². The van der Waals surface area contributed by atoms with Gasteiger partial charge >= 0.3 is 0 Å². The Bertz CT molecular complexity index is 132. The molecule has 2 aliphatic rings. The molecule has 13 heavy (non-hydrogen) atoms. The minimum Gasteiger partial charge on any atom is -0.376 e. The van der Waals surface area contributed by atoms with E-state index in [9.17, 15) is 0 Å². The summed E-state index contributed by atoms with van der Waals surface area (Å²) in [6.45, 7) is 7.26. The van der Waals surface area contributed by atoms with Gasteiger partial charge in [-0.15, -0.1) is 0 Å². The predicted octanol–water partition coefficient (Wildman–Crippen LogP) is 1.38. The van der Waals surface area contributed by atoms with Gasteiger partial charge in [-0.2, -0.15) is 0 Å². The first-order chi connectivity index (χ1) is 6.36. The van der Waals surface area contributed by atoms with Crippen LogP contribution < -0.4 is 0 Å². The molecule has 0 bridgehead atoms. The van der Waals surface area contributed by atoms with E-state index in [4.69, 9.17) is 14.2 Å². The number of ether oxygens (including phenoxy) is 3. The van der Waals surface area contributed by atoms with Gasteiger partial charge in [-0.05, 0) is 13.8 Å².